The first-order valence-electron chi connectivity index (χ1n) is 9.97. The van der Waals surface area contributed by atoms with Gasteiger partial charge in [-0.05, 0) is 43.0 Å². The monoisotopic (exact) mass is 378 g/mol. The number of nitrogens with two attached hydrogens (primary N) is 1. The van der Waals surface area contributed by atoms with Crippen LogP contribution in [0.5, 0.6) is 0 Å². The number of nitrogen functional groups attached to an aromatic ring is 1. The van der Waals surface area contributed by atoms with Crippen molar-refractivity contribution in [2.75, 3.05) is 43.9 Å². The van der Waals surface area contributed by atoms with Gasteiger partial charge >= 0.3 is 0 Å². The van der Waals surface area contributed by atoms with Crippen molar-refractivity contribution in [3.8, 4) is 0 Å². The molecule has 7 heteroatoms. The van der Waals surface area contributed by atoms with Crippen molar-refractivity contribution < 1.29 is 4.74 Å². The second-order valence-electron chi connectivity index (χ2n) is 7.75. The van der Waals surface area contributed by atoms with Gasteiger partial charge in [0.2, 0.25) is 0 Å². The fourth-order valence-corrected chi connectivity index (χ4v) is 4.29. The van der Waals surface area contributed by atoms with E-state index in [-0.39, 0.29) is 6.04 Å². The van der Waals surface area contributed by atoms with Crippen LogP contribution in [0.3, 0.4) is 0 Å². The lowest BCUT2D eigenvalue weighted by atomic mass is 10.0. The molecular weight excluding hydrogens is 352 g/mol. The summed E-state index contributed by atoms with van der Waals surface area (Å²) in [5.41, 5.74) is 12.8. The van der Waals surface area contributed by atoms with Crippen LogP contribution in [0, 0.1) is 6.92 Å². The quantitative estimate of drug-likeness (QED) is 0.646. The van der Waals surface area contributed by atoms with Crippen LogP contribution in [-0.2, 0) is 17.6 Å². The highest BCUT2D eigenvalue weighted by Crippen LogP contribution is 2.37. The van der Waals surface area contributed by atoms with Gasteiger partial charge in [0.05, 0.1) is 24.8 Å². The van der Waals surface area contributed by atoms with Crippen LogP contribution in [0.2, 0.25) is 0 Å². The first-order valence-corrected chi connectivity index (χ1v) is 9.97. The number of hydrogen-bond acceptors (Lipinski definition) is 6. The maximum Gasteiger partial charge on any atom is 0.180 e. The Morgan fingerprint density at radius 3 is 2.93 bits per heavy atom. The Balaban J connectivity index is 1.34. The normalized spacial score (nSPS) is 19.7. The third-order valence-corrected chi connectivity index (χ3v) is 5.75. The molecule has 146 valence electrons. The maximum absolute atomic E-state index is 6.03. The van der Waals surface area contributed by atoms with Gasteiger partial charge in [0.25, 0.3) is 0 Å². The largest absolute Gasteiger partial charge is 0.384 e. The summed E-state index contributed by atoms with van der Waals surface area (Å²) in [5, 5.41) is 3.65. The minimum absolute atomic E-state index is 0.178. The van der Waals surface area contributed by atoms with Crippen molar-refractivity contribution in [2.45, 2.75) is 25.8 Å². The minimum Gasteiger partial charge on any atom is -0.384 e. The number of pyridine rings is 1. The van der Waals surface area contributed by atoms with E-state index in [2.05, 4.69) is 43.4 Å². The smallest absolute Gasteiger partial charge is 0.180 e. The molecule has 2 aliphatic heterocycles. The van der Waals surface area contributed by atoms with Crippen LogP contribution in [0.1, 0.15) is 28.6 Å². The zero-order chi connectivity index (χ0) is 19.1. The van der Waals surface area contributed by atoms with Gasteiger partial charge < -0.3 is 20.8 Å². The summed E-state index contributed by atoms with van der Waals surface area (Å²) in [4.78, 5) is 14.6. The second kappa shape index (κ2) is 7.07. The molecule has 0 aliphatic carbocycles. The lowest BCUT2D eigenvalue weighted by Crippen LogP contribution is -2.37. The molecule has 0 amide bonds. The van der Waals surface area contributed by atoms with E-state index in [9.17, 15) is 0 Å². The summed E-state index contributed by atoms with van der Waals surface area (Å²) in [6.07, 6.45) is 2.02. The number of anilines is 2. The number of hydrogen-bond donors (Lipinski definition) is 3. The average molecular weight is 378 g/mol. The minimum atomic E-state index is 0.178. The predicted molar refractivity (Wildman–Crippen MR) is 111 cm³/mol. The molecule has 1 atom stereocenters. The van der Waals surface area contributed by atoms with Crippen LogP contribution in [0.15, 0.2) is 24.3 Å². The number of ether oxygens (including phenoxy) is 1. The van der Waals surface area contributed by atoms with Gasteiger partial charge in [0.15, 0.2) is 5.65 Å². The van der Waals surface area contributed by atoms with E-state index in [0.29, 0.717) is 11.5 Å². The van der Waals surface area contributed by atoms with Gasteiger partial charge in [-0.2, -0.15) is 0 Å². The summed E-state index contributed by atoms with van der Waals surface area (Å²) in [5.74, 6) is 1.37. The van der Waals surface area contributed by atoms with Crippen molar-refractivity contribution >= 4 is 22.7 Å². The zero-order valence-corrected chi connectivity index (χ0v) is 16.2. The van der Waals surface area contributed by atoms with Gasteiger partial charge in [0, 0.05) is 30.9 Å². The molecule has 28 heavy (non-hydrogen) atoms. The fraction of sp³-hybridized carbons (Fsp3) is 0.429. The van der Waals surface area contributed by atoms with E-state index in [1.165, 1.54) is 16.8 Å². The van der Waals surface area contributed by atoms with Crippen LogP contribution >= 0.6 is 0 Å². The van der Waals surface area contributed by atoms with Crippen molar-refractivity contribution in [3.63, 3.8) is 0 Å². The van der Waals surface area contributed by atoms with E-state index in [0.717, 1.165) is 62.6 Å². The summed E-state index contributed by atoms with van der Waals surface area (Å²) < 4.78 is 5.44. The standard InChI is InChI=1S/C21H26N6O/c1-13-23-20-16(12-19(22)26-21(20)24-13)18-11-15-10-14(2-3-17(15)25-18)4-5-27-6-8-28-9-7-27/h2-3,10,12,18,25H,4-9,11H2,1H3,(H3,22,23,24,26). The molecule has 2 aliphatic rings. The summed E-state index contributed by atoms with van der Waals surface area (Å²) in [7, 11) is 0. The second-order valence-corrected chi connectivity index (χ2v) is 7.75. The number of aromatic amines is 1. The Hall–Kier alpha value is -2.64. The number of fused-ring (bicyclic) bond motifs is 2. The number of benzene rings is 1. The van der Waals surface area contributed by atoms with Gasteiger partial charge in [-0.25, -0.2) is 9.97 Å². The molecule has 4 heterocycles. The first-order chi connectivity index (χ1) is 13.7. The molecule has 4 N–H and O–H groups in total. The molecular formula is C21H26N6O. The number of aryl methyl sites for hydroxylation is 1. The van der Waals surface area contributed by atoms with Crippen molar-refractivity contribution in [2.24, 2.45) is 0 Å². The average Bonchev–Trinajstić information content (AvgIpc) is 3.28. The van der Waals surface area contributed by atoms with Crippen LogP contribution < -0.4 is 11.1 Å². The van der Waals surface area contributed by atoms with Crippen LogP contribution in [0.4, 0.5) is 11.5 Å². The predicted octanol–water partition coefficient (Wildman–Crippen LogP) is 2.43. The number of H-pyrrole nitrogens is 1. The number of morpholine rings is 1. The first kappa shape index (κ1) is 17.5. The molecule has 1 unspecified atom stereocenters. The molecule has 0 spiro atoms. The fourth-order valence-electron chi connectivity index (χ4n) is 4.29. The van der Waals surface area contributed by atoms with Crippen molar-refractivity contribution in [3.05, 3.63) is 46.8 Å². The highest BCUT2D eigenvalue weighted by molar-refractivity contribution is 5.79. The Morgan fingerprint density at radius 2 is 2.07 bits per heavy atom. The Kier molecular flexibility index (Phi) is 4.41. The van der Waals surface area contributed by atoms with Crippen LogP contribution in [-0.4, -0.2) is 52.7 Å². The van der Waals surface area contributed by atoms with Gasteiger partial charge in [-0.1, -0.05) is 12.1 Å². The van der Waals surface area contributed by atoms with Crippen molar-refractivity contribution in [1.82, 2.24) is 19.9 Å². The molecule has 5 rings (SSSR count). The molecule has 1 aromatic carbocycles. The molecule has 3 aromatic rings. The lowest BCUT2D eigenvalue weighted by Gasteiger charge is -2.26. The number of nitrogens with one attached hydrogen (secondary N) is 2. The Labute approximate surface area is 164 Å². The summed E-state index contributed by atoms with van der Waals surface area (Å²) in [6.45, 7) is 6.82. The lowest BCUT2D eigenvalue weighted by molar-refractivity contribution is 0.0384. The van der Waals surface area contributed by atoms with E-state index in [1.54, 1.807) is 0 Å². The third kappa shape index (κ3) is 3.31. The van der Waals surface area contributed by atoms with Gasteiger partial charge in [0.1, 0.15) is 11.6 Å². The molecule has 0 radical (unpaired) electrons. The molecule has 0 saturated carbocycles. The van der Waals surface area contributed by atoms with Crippen molar-refractivity contribution in [1.29, 1.82) is 0 Å². The van der Waals surface area contributed by atoms with E-state index in [1.807, 2.05) is 13.0 Å². The number of imidazole rings is 1. The van der Waals surface area contributed by atoms with E-state index < -0.39 is 0 Å². The molecule has 7 nitrogen and oxygen atoms in total. The number of nitrogens with zero attached hydrogens (tertiary/aromatic N) is 3. The number of rotatable bonds is 4. The zero-order valence-electron chi connectivity index (χ0n) is 16.2. The Morgan fingerprint density at radius 1 is 1.21 bits per heavy atom. The van der Waals surface area contributed by atoms with Gasteiger partial charge in [-0.15, -0.1) is 0 Å². The summed E-state index contributed by atoms with van der Waals surface area (Å²) >= 11 is 0. The molecule has 1 saturated heterocycles. The van der Waals surface area contributed by atoms with Gasteiger partial charge in [-0.3, -0.25) is 4.90 Å². The number of aromatic nitrogens is 3. The molecule has 1 fully saturated rings. The highest BCUT2D eigenvalue weighted by atomic mass is 16.5. The van der Waals surface area contributed by atoms with E-state index >= 15 is 0 Å². The molecule has 2 aromatic heterocycles. The SMILES string of the molecule is Cc1nc2nc(N)cc(C3Cc4cc(CCN5CCOCC5)ccc4N3)c2[nH]1. The topological polar surface area (TPSA) is 92.1 Å². The highest BCUT2D eigenvalue weighted by Gasteiger charge is 2.25. The third-order valence-electron chi connectivity index (χ3n) is 5.75. The summed E-state index contributed by atoms with van der Waals surface area (Å²) in [6, 6.07) is 8.94. The van der Waals surface area contributed by atoms with Crippen LogP contribution in [0.25, 0.3) is 11.2 Å². The molecule has 0 bridgehead atoms. The Bertz CT molecular complexity index is 1010. The van der Waals surface area contributed by atoms with E-state index in [4.69, 9.17) is 10.5 Å². The maximum atomic E-state index is 6.03.